The van der Waals surface area contributed by atoms with Crippen LogP contribution >= 0.6 is 0 Å². The predicted molar refractivity (Wildman–Crippen MR) is 103 cm³/mol. The molecule has 0 aromatic heterocycles. The maximum Gasteiger partial charge on any atom is 0.321 e. The van der Waals surface area contributed by atoms with Gasteiger partial charge < -0.3 is 19.9 Å². The molecule has 3 amide bonds. The minimum atomic E-state index is -0.367. The van der Waals surface area contributed by atoms with Crippen molar-refractivity contribution in [1.82, 2.24) is 9.80 Å². The Morgan fingerprint density at radius 1 is 1.29 bits per heavy atom. The van der Waals surface area contributed by atoms with Gasteiger partial charge in [0.15, 0.2) is 0 Å². The number of nitrogens with zero attached hydrogens (tertiary/aromatic N) is 2. The van der Waals surface area contributed by atoms with Gasteiger partial charge in [-0.25, -0.2) is 9.18 Å². The molecule has 1 spiro atoms. The summed E-state index contributed by atoms with van der Waals surface area (Å²) in [5.41, 5.74) is 0.568. The first-order chi connectivity index (χ1) is 13.5. The van der Waals surface area contributed by atoms with E-state index in [9.17, 15) is 14.0 Å². The number of carbonyl (C=O) groups excluding carboxylic acids is 2. The van der Waals surface area contributed by atoms with E-state index in [2.05, 4.69) is 5.32 Å². The topological polar surface area (TPSA) is 61.9 Å². The molecule has 1 aromatic carbocycles. The van der Waals surface area contributed by atoms with E-state index < -0.39 is 0 Å². The van der Waals surface area contributed by atoms with Crippen molar-refractivity contribution in [2.75, 3.05) is 38.1 Å². The lowest BCUT2D eigenvalue weighted by molar-refractivity contribution is -0.140. The number of amides is 3. The third kappa shape index (κ3) is 4.29. The zero-order valence-corrected chi connectivity index (χ0v) is 16.2. The number of anilines is 1. The van der Waals surface area contributed by atoms with Gasteiger partial charge in [0, 0.05) is 44.9 Å². The Balaban J connectivity index is 1.32. The molecule has 4 rings (SSSR count). The molecule has 1 aromatic rings. The molecule has 28 heavy (non-hydrogen) atoms. The van der Waals surface area contributed by atoms with Crippen molar-refractivity contribution in [3.63, 3.8) is 0 Å². The molecular weight excluding hydrogens is 361 g/mol. The van der Waals surface area contributed by atoms with Crippen LogP contribution in [0.3, 0.4) is 0 Å². The van der Waals surface area contributed by atoms with Gasteiger partial charge in [-0.1, -0.05) is 6.07 Å². The minimum Gasteiger partial charge on any atom is -0.376 e. The van der Waals surface area contributed by atoms with Crippen LogP contribution in [-0.2, 0) is 9.53 Å². The number of rotatable bonds is 3. The van der Waals surface area contributed by atoms with Crippen LogP contribution in [0, 0.1) is 11.2 Å². The van der Waals surface area contributed by atoms with Crippen LogP contribution in [0.5, 0.6) is 0 Å². The van der Waals surface area contributed by atoms with Gasteiger partial charge in [-0.3, -0.25) is 4.79 Å². The summed E-state index contributed by atoms with van der Waals surface area (Å²) in [6.07, 6.45) is 5.54. The Morgan fingerprint density at radius 3 is 2.82 bits per heavy atom. The summed E-state index contributed by atoms with van der Waals surface area (Å²) in [7, 11) is 0. The second-order valence-corrected chi connectivity index (χ2v) is 8.34. The Kier molecular flexibility index (Phi) is 5.53. The normalized spacial score (nSPS) is 24.6. The van der Waals surface area contributed by atoms with E-state index in [1.807, 2.05) is 4.90 Å². The van der Waals surface area contributed by atoms with E-state index in [0.29, 0.717) is 31.7 Å². The summed E-state index contributed by atoms with van der Waals surface area (Å²) in [6, 6.07) is 5.75. The fourth-order valence-electron chi connectivity index (χ4n) is 4.66. The second kappa shape index (κ2) is 8.07. The zero-order valence-electron chi connectivity index (χ0n) is 16.2. The molecule has 3 fully saturated rings. The van der Waals surface area contributed by atoms with Crippen LogP contribution in [0.25, 0.3) is 0 Å². The first-order valence-electron chi connectivity index (χ1n) is 10.2. The Bertz CT molecular complexity index is 727. The maximum absolute atomic E-state index is 13.3. The molecular formula is C21H28FN3O3. The van der Waals surface area contributed by atoms with Gasteiger partial charge in [-0.05, 0) is 55.7 Å². The molecule has 0 bridgehead atoms. The monoisotopic (exact) mass is 389 g/mol. The SMILES string of the molecule is O=C1CCC2(CCN(C(=O)Nc3cccc(F)c3)CC2)CN1C[C@H]1CCCO1. The number of nitrogens with one attached hydrogen (secondary N) is 1. The number of hydrogen-bond donors (Lipinski definition) is 1. The number of halogens is 1. The number of piperidine rings is 2. The lowest BCUT2D eigenvalue weighted by Crippen LogP contribution is -2.54. The van der Waals surface area contributed by atoms with Gasteiger partial charge in [0.1, 0.15) is 5.82 Å². The van der Waals surface area contributed by atoms with E-state index in [1.165, 1.54) is 12.1 Å². The summed E-state index contributed by atoms with van der Waals surface area (Å²) in [5.74, 6) is -0.138. The van der Waals surface area contributed by atoms with E-state index >= 15 is 0 Å². The number of urea groups is 1. The van der Waals surface area contributed by atoms with Gasteiger partial charge in [0.05, 0.1) is 6.10 Å². The standard InChI is InChI=1S/C21H28FN3O3/c22-16-3-1-4-17(13-16)23-20(27)24-10-8-21(9-11-24)7-6-19(26)25(15-21)14-18-5-2-12-28-18/h1,3-4,13,18H,2,5-12,14-15H2,(H,23,27)/t18-/m1/s1. The maximum atomic E-state index is 13.3. The van der Waals surface area contributed by atoms with E-state index in [1.54, 1.807) is 17.0 Å². The molecule has 3 saturated heterocycles. The highest BCUT2D eigenvalue weighted by molar-refractivity contribution is 5.89. The molecule has 6 nitrogen and oxygen atoms in total. The van der Waals surface area contributed by atoms with Crippen LogP contribution < -0.4 is 5.32 Å². The van der Waals surface area contributed by atoms with Crippen LogP contribution in [0.4, 0.5) is 14.9 Å². The van der Waals surface area contributed by atoms with Crippen molar-refractivity contribution < 1.29 is 18.7 Å². The largest absolute Gasteiger partial charge is 0.376 e. The minimum absolute atomic E-state index is 0.0994. The molecule has 3 aliphatic rings. The number of likely N-dealkylation sites (tertiary alicyclic amines) is 2. The second-order valence-electron chi connectivity index (χ2n) is 8.34. The average Bonchev–Trinajstić information content (AvgIpc) is 3.19. The molecule has 3 aliphatic heterocycles. The lowest BCUT2D eigenvalue weighted by Gasteiger charge is -2.47. The van der Waals surface area contributed by atoms with Crippen molar-refractivity contribution in [3.05, 3.63) is 30.1 Å². The Hall–Kier alpha value is -2.15. The first kappa shape index (κ1) is 19.2. The van der Waals surface area contributed by atoms with Gasteiger partial charge in [0.25, 0.3) is 0 Å². The van der Waals surface area contributed by atoms with E-state index in [-0.39, 0.29) is 29.3 Å². The van der Waals surface area contributed by atoms with Gasteiger partial charge in [-0.2, -0.15) is 0 Å². The van der Waals surface area contributed by atoms with E-state index in [0.717, 1.165) is 45.3 Å². The molecule has 0 saturated carbocycles. The van der Waals surface area contributed by atoms with Crippen LogP contribution in [0.1, 0.15) is 38.5 Å². The van der Waals surface area contributed by atoms with Crippen molar-refractivity contribution in [2.45, 2.75) is 44.6 Å². The molecule has 1 atom stereocenters. The number of benzene rings is 1. The summed E-state index contributed by atoms with van der Waals surface area (Å²) >= 11 is 0. The Morgan fingerprint density at radius 2 is 2.11 bits per heavy atom. The fourth-order valence-corrected chi connectivity index (χ4v) is 4.66. The fraction of sp³-hybridized carbons (Fsp3) is 0.619. The predicted octanol–water partition coefficient (Wildman–Crippen LogP) is 3.24. The summed E-state index contributed by atoms with van der Waals surface area (Å²) < 4.78 is 19.0. The third-order valence-electron chi connectivity index (χ3n) is 6.38. The quantitative estimate of drug-likeness (QED) is 0.863. The average molecular weight is 389 g/mol. The highest BCUT2D eigenvalue weighted by Crippen LogP contribution is 2.40. The van der Waals surface area contributed by atoms with Crippen molar-refractivity contribution in [2.24, 2.45) is 5.41 Å². The molecule has 3 heterocycles. The van der Waals surface area contributed by atoms with Crippen molar-refractivity contribution in [1.29, 1.82) is 0 Å². The van der Waals surface area contributed by atoms with Crippen LogP contribution in [-0.4, -0.2) is 60.6 Å². The summed E-state index contributed by atoms with van der Waals surface area (Å²) in [5, 5.41) is 2.77. The van der Waals surface area contributed by atoms with Gasteiger partial charge in [0.2, 0.25) is 5.91 Å². The molecule has 1 N–H and O–H groups in total. The summed E-state index contributed by atoms with van der Waals surface area (Å²) in [6.45, 7) is 3.58. The van der Waals surface area contributed by atoms with Crippen molar-refractivity contribution >= 4 is 17.6 Å². The highest BCUT2D eigenvalue weighted by Gasteiger charge is 2.42. The molecule has 0 radical (unpaired) electrons. The zero-order chi connectivity index (χ0) is 19.6. The van der Waals surface area contributed by atoms with E-state index in [4.69, 9.17) is 4.74 Å². The first-order valence-corrected chi connectivity index (χ1v) is 10.2. The van der Waals surface area contributed by atoms with Gasteiger partial charge in [-0.15, -0.1) is 0 Å². The van der Waals surface area contributed by atoms with Crippen molar-refractivity contribution in [3.8, 4) is 0 Å². The van der Waals surface area contributed by atoms with Crippen LogP contribution in [0.15, 0.2) is 24.3 Å². The smallest absolute Gasteiger partial charge is 0.321 e. The molecule has 7 heteroatoms. The summed E-state index contributed by atoms with van der Waals surface area (Å²) in [4.78, 5) is 28.7. The molecule has 0 unspecified atom stereocenters. The van der Waals surface area contributed by atoms with Gasteiger partial charge >= 0.3 is 6.03 Å². The molecule has 152 valence electrons. The number of carbonyl (C=O) groups is 2. The lowest BCUT2D eigenvalue weighted by atomic mass is 9.72. The third-order valence-corrected chi connectivity index (χ3v) is 6.38. The molecule has 0 aliphatic carbocycles. The highest BCUT2D eigenvalue weighted by atomic mass is 19.1. The number of hydrogen-bond acceptors (Lipinski definition) is 3. The Labute approximate surface area is 165 Å². The van der Waals surface area contributed by atoms with Crippen LogP contribution in [0.2, 0.25) is 0 Å². The number of ether oxygens (including phenoxy) is 1.